The maximum absolute atomic E-state index is 13.0. The topological polar surface area (TPSA) is 62.5 Å². The minimum atomic E-state index is -0.399. The van der Waals surface area contributed by atoms with Crippen LogP contribution in [0.2, 0.25) is 0 Å². The number of unbranched alkanes of at least 4 members (excludes halogenated alkanes) is 2. The Labute approximate surface area is 226 Å². The Kier molecular flexibility index (Phi) is 11.3. The van der Waals surface area contributed by atoms with E-state index in [9.17, 15) is 15.0 Å². The summed E-state index contributed by atoms with van der Waals surface area (Å²) in [6.45, 7) is 17.2. The van der Waals surface area contributed by atoms with E-state index in [0.717, 1.165) is 55.3 Å². The molecular formula is C33H53NO3. The molecular weight excluding hydrogens is 458 g/mol. The molecule has 4 nitrogen and oxygen atoms in total. The molecule has 0 fully saturated rings. The molecule has 0 aliphatic carbocycles. The minimum Gasteiger partial charge on any atom is -0.494 e. The molecule has 2 rings (SSSR count). The molecule has 4 heteroatoms. The third kappa shape index (κ3) is 8.38. The first-order chi connectivity index (χ1) is 17.4. The third-order valence-electron chi connectivity index (χ3n) is 8.23. The van der Waals surface area contributed by atoms with Crippen LogP contribution in [0.15, 0.2) is 30.3 Å². The zero-order valence-electron chi connectivity index (χ0n) is 24.9. The lowest BCUT2D eigenvalue weighted by Gasteiger charge is -2.35. The van der Waals surface area contributed by atoms with Crippen LogP contribution in [0.25, 0.3) is 5.69 Å². The molecule has 2 N–H and O–H groups in total. The monoisotopic (exact) mass is 511 g/mol. The maximum Gasteiger partial charge on any atom is 0.201 e. The second kappa shape index (κ2) is 13.5. The van der Waals surface area contributed by atoms with Gasteiger partial charge in [-0.1, -0.05) is 112 Å². The smallest absolute Gasteiger partial charge is 0.201 e. The van der Waals surface area contributed by atoms with Gasteiger partial charge in [-0.15, -0.1) is 0 Å². The van der Waals surface area contributed by atoms with Gasteiger partial charge in [0, 0.05) is 23.5 Å². The third-order valence-corrected chi connectivity index (χ3v) is 8.23. The first-order valence-electron chi connectivity index (χ1n) is 14.6. The normalized spacial score (nSPS) is 14.1. The fraction of sp³-hybridized carbons (Fsp3) is 0.667. The lowest BCUT2D eigenvalue weighted by Crippen LogP contribution is -2.33. The second-order valence-corrected chi connectivity index (χ2v) is 12.7. The highest BCUT2D eigenvalue weighted by Crippen LogP contribution is 2.40. The predicted molar refractivity (Wildman–Crippen MR) is 156 cm³/mol. The summed E-state index contributed by atoms with van der Waals surface area (Å²) >= 11 is 0. The van der Waals surface area contributed by atoms with Crippen molar-refractivity contribution in [3.05, 3.63) is 41.5 Å². The van der Waals surface area contributed by atoms with Gasteiger partial charge in [0.05, 0.1) is 5.69 Å². The van der Waals surface area contributed by atoms with Crippen molar-refractivity contribution < 1.29 is 15.0 Å². The van der Waals surface area contributed by atoms with Crippen molar-refractivity contribution in [2.75, 3.05) is 0 Å². The van der Waals surface area contributed by atoms with Crippen LogP contribution in [0.1, 0.15) is 124 Å². The Bertz CT molecular complexity index is 984. The lowest BCUT2D eigenvalue weighted by molar-refractivity contribution is -0.129. The Morgan fingerprint density at radius 3 is 2.16 bits per heavy atom. The van der Waals surface area contributed by atoms with Gasteiger partial charge in [0.25, 0.3) is 0 Å². The average molecular weight is 512 g/mol. The standard InChI is InChI=1S/C33H53NO3/c1-9-12-13-15-25(14-10-2)21-26-22-30(36)34(31(26)37)28-18-16-27(17-19-28)32(5,6)23-33(7,8)29(35)20-24(4)11-3/h16-19,22,24-25,36-37H,9-15,20-21,23H2,1-8H3. The van der Waals surface area contributed by atoms with E-state index in [1.807, 2.05) is 12.1 Å². The van der Waals surface area contributed by atoms with Gasteiger partial charge in [-0.3, -0.25) is 9.36 Å². The number of hydrogen-bond acceptors (Lipinski definition) is 3. The van der Waals surface area contributed by atoms with Crippen LogP contribution in [0.3, 0.4) is 0 Å². The summed E-state index contributed by atoms with van der Waals surface area (Å²) in [5.74, 6) is 1.47. The number of carbonyl (C=O) groups is 1. The Balaban J connectivity index is 2.21. The van der Waals surface area contributed by atoms with Gasteiger partial charge in [0.2, 0.25) is 5.88 Å². The molecule has 1 aromatic heterocycles. The molecule has 0 radical (unpaired) electrons. The predicted octanol–water partition coefficient (Wildman–Crippen LogP) is 9.13. The summed E-state index contributed by atoms with van der Waals surface area (Å²) in [4.78, 5) is 13.0. The Morgan fingerprint density at radius 2 is 1.59 bits per heavy atom. The van der Waals surface area contributed by atoms with Gasteiger partial charge < -0.3 is 10.2 Å². The van der Waals surface area contributed by atoms with Gasteiger partial charge in [-0.2, -0.15) is 0 Å². The van der Waals surface area contributed by atoms with Crippen molar-refractivity contribution in [3.8, 4) is 17.4 Å². The number of aromatic nitrogens is 1. The number of carbonyl (C=O) groups excluding carboxylic acids is 1. The van der Waals surface area contributed by atoms with Crippen molar-refractivity contribution in [2.45, 2.75) is 125 Å². The van der Waals surface area contributed by atoms with Gasteiger partial charge in [-0.05, 0) is 47.8 Å². The van der Waals surface area contributed by atoms with Crippen LogP contribution in [0, 0.1) is 17.3 Å². The summed E-state index contributed by atoms with van der Waals surface area (Å²) in [6, 6.07) is 9.76. The number of Topliss-reactive ketones (excluding diaryl/α,β-unsaturated/α-hetero) is 1. The summed E-state index contributed by atoms with van der Waals surface area (Å²) in [6.07, 6.45) is 10.3. The van der Waals surface area contributed by atoms with Crippen LogP contribution >= 0.6 is 0 Å². The van der Waals surface area contributed by atoms with E-state index in [1.54, 1.807) is 10.6 Å². The largest absolute Gasteiger partial charge is 0.494 e. The Hall–Kier alpha value is -2.23. The van der Waals surface area contributed by atoms with E-state index in [2.05, 4.69) is 67.5 Å². The van der Waals surface area contributed by atoms with Gasteiger partial charge in [-0.25, -0.2) is 0 Å². The summed E-state index contributed by atoms with van der Waals surface area (Å²) in [5, 5.41) is 21.8. The quantitative estimate of drug-likeness (QED) is 0.221. The summed E-state index contributed by atoms with van der Waals surface area (Å²) in [7, 11) is 0. The lowest BCUT2D eigenvalue weighted by atomic mass is 9.68. The number of hydrogen-bond donors (Lipinski definition) is 2. The van der Waals surface area contributed by atoms with Crippen molar-refractivity contribution in [3.63, 3.8) is 0 Å². The fourth-order valence-corrected chi connectivity index (χ4v) is 5.80. The van der Waals surface area contributed by atoms with Crippen LogP contribution in [-0.2, 0) is 16.6 Å². The van der Waals surface area contributed by atoms with Crippen LogP contribution in [0.5, 0.6) is 11.8 Å². The van der Waals surface area contributed by atoms with Gasteiger partial charge in [0.15, 0.2) is 5.88 Å². The molecule has 0 saturated carbocycles. The van der Waals surface area contributed by atoms with Crippen LogP contribution in [-0.4, -0.2) is 20.6 Å². The summed E-state index contributed by atoms with van der Waals surface area (Å²) in [5.41, 5.74) is 2.12. The highest BCUT2D eigenvalue weighted by Gasteiger charge is 2.35. The van der Waals surface area contributed by atoms with E-state index in [-0.39, 0.29) is 17.2 Å². The van der Waals surface area contributed by atoms with Crippen molar-refractivity contribution in [2.24, 2.45) is 17.3 Å². The molecule has 2 atom stereocenters. The molecule has 208 valence electrons. The highest BCUT2D eigenvalue weighted by molar-refractivity contribution is 5.84. The van der Waals surface area contributed by atoms with Crippen LogP contribution in [0.4, 0.5) is 0 Å². The number of benzene rings is 1. The average Bonchev–Trinajstić information content (AvgIpc) is 3.11. The van der Waals surface area contributed by atoms with Crippen molar-refractivity contribution >= 4 is 5.78 Å². The second-order valence-electron chi connectivity index (χ2n) is 12.7. The van der Waals surface area contributed by atoms with E-state index in [0.29, 0.717) is 24.0 Å². The Morgan fingerprint density at radius 1 is 0.946 bits per heavy atom. The van der Waals surface area contributed by atoms with Gasteiger partial charge >= 0.3 is 0 Å². The molecule has 1 heterocycles. The molecule has 1 aromatic carbocycles. The molecule has 37 heavy (non-hydrogen) atoms. The number of aromatic hydroxyl groups is 2. The zero-order chi connectivity index (χ0) is 27.8. The van der Waals surface area contributed by atoms with Crippen LogP contribution < -0.4 is 0 Å². The van der Waals surface area contributed by atoms with E-state index >= 15 is 0 Å². The summed E-state index contributed by atoms with van der Waals surface area (Å²) < 4.78 is 1.54. The molecule has 0 bridgehead atoms. The fourth-order valence-electron chi connectivity index (χ4n) is 5.80. The molecule has 0 amide bonds. The molecule has 0 aliphatic heterocycles. The van der Waals surface area contributed by atoms with E-state index < -0.39 is 5.41 Å². The minimum absolute atomic E-state index is 0.0695. The van der Waals surface area contributed by atoms with Gasteiger partial charge in [0.1, 0.15) is 5.78 Å². The highest BCUT2D eigenvalue weighted by atomic mass is 16.3. The zero-order valence-corrected chi connectivity index (χ0v) is 24.9. The molecule has 2 unspecified atom stereocenters. The maximum atomic E-state index is 13.0. The first-order valence-corrected chi connectivity index (χ1v) is 14.6. The number of ketones is 1. The van der Waals surface area contributed by atoms with Crippen molar-refractivity contribution in [1.29, 1.82) is 0 Å². The SMILES string of the molecule is CCCCCC(CCC)Cc1cc(O)n(-c2ccc(C(C)(C)CC(C)(C)C(=O)CC(C)CC)cc2)c1O. The molecule has 0 spiro atoms. The number of nitrogens with zero attached hydrogens (tertiary/aromatic N) is 1. The van der Waals surface area contributed by atoms with E-state index in [1.165, 1.54) is 19.3 Å². The first kappa shape index (κ1) is 31.0. The van der Waals surface area contributed by atoms with Crippen molar-refractivity contribution in [1.82, 2.24) is 4.57 Å². The molecule has 2 aromatic rings. The van der Waals surface area contributed by atoms with E-state index in [4.69, 9.17) is 0 Å². The number of rotatable bonds is 16. The molecule has 0 saturated heterocycles. The molecule has 0 aliphatic rings.